The van der Waals surface area contributed by atoms with Gasteiger partial charge in [0.2, 0.25) is 11.8 Å². The first kappa shape index (κ1) is 17.0. The van der Waals surface area contributed by atoms with Gasteiger partial charge in [0, 0.05) is 32.0 Å². The number of likely N-dealkylation sites (tertiary alicyclic amines) is 1. The van der Waals surface area contributed by atoms with Crippen molar-refractivity contribution in [2.24, 2.45) is 11.3 Å². The predicted molar refractivity (Wildman–Crippen MR) is 81.3 cm³/mol. The van der Waals surface area contributed by atoms with E-state index in [2.05, 4.69) is 39.9 Å². The van der Waals surface area contributed by atoms with Gasteiger partial charge in [0.05, 0.1) is 0 Å². The summed E-state index contributed by atoms with van der Waals surface area (Å²) in [6.07, 6.45) is 2.93. The smallest absolute Gasteiger partial charge is 0.222 e. The van der Waals surface area contributed by atoms with E-state index < -0.39 is 0 Å². The summed E-state index contributed by atoms with van der Waals surface area (Å²) in [5.41, 5.74) is 0.0258. The van der Waals surface area contributed by atoms with Crippen molar-refractivity contribution >= 4 is 11.8 Å². The molecule has 1 fully saturated rings. The van der Waals surface area contributed by atoms with Crippen LogP contribution in [0.3, 0.4) is 0 Å². The second-order valence-electron chi connectivity index (χ2n) is 7.56. The number of rotatable bonds is 4. The average molecular weight is 282 g/mol. The molecule has 1 saturated heterocycles. The molecule has 0 bridgehead atoms. The highest BCUT2D eigenvalue weighted by molar-refractivity contribution is 5.77. The van der Waals surface area contributed by atoms with Crippen molar-refractivity contribution < 1.29 is 9.59 Å². The molecule has 1 N–H and O–H groups in total. The summed E-state index contributed by atoms with van der Waals surface area (Å²) in [6.45, 7) is 11.9. The second kappa shape index (κ2) is 7.09. The van der Waals surface area contributed by atoms with Gasteiger partial charge in [-0.2, -0.15) is 0 Å². The molecule has 0 radical (unpaired) electrons. The molecule has 1 heterocycles. The lowest BCUT2D eigenvalue weighted by Gasteiger charge is -2.33. The molecular formula is C16H30N2O2. The van der Waals surface area contributed by atoms with E-state index in [9.17, 15) is 9.59 Å². The number of hydrogen-bond acceptors (Lipinski definition) is 2. The van der Waals surface area contributed by atoms with Gasteiger partial charge < -0.3 is 10.2 Å². The Hall–Kier alpha value is -1.06. The van der Waals surface area contributed by atoms with E-state index in [1.54, 1.807) is 0 Å². The van der Waals surface area contributed by atoms with Crippen LogP contribution in [0.25, 0.3) is 0 Å². The number of carbonyl (C=O) groups is 2. The largest absolute Gasteiger partial charge is 0.353 e. The van der Waals surface area contributed by atoms with Crippen molar-refractivity contribution in [3.63, 3.8) is 0 Å². The fourth-order valence-corrected chi connectivity index (χ4v) is 2.51. The van der Waals surface area contributed by atoms with Crippen LogP contribution in [0, 0.1) is 11.3 Å². The SMILES string of the molecule is CC(C)CC(=O)N1CCC(NC(=O)CC(C)(C)C)CC1. The maximum absolute atomic E-state index is 12.0. The molecule has 1 rings (SSSR count). The molecule has 0 aromatic heterocycles. The average Bonchev–Trinajstić information content (AvgIpc) is 2.26. The third-order valence-electron chi connectivity index (χ3n) is 3.49. The Morgan fingerprint density at radius 1 is 1.20 bits per heavy atom. The summed E-state index contributed by atoms with van der Waals surface area (Å²) in [4.78, 5) is 25.8. The van der Waals surface area contributed by atoms with Gasteiger partial charge in [0.25, 0.3) is 0 Å². The van der Waals surface area contributed by atoms with Crippen LogP contribution < -0.4 is 5.32 Å². The number of amides is 2. The van der Waals surface area contributed by atoms with Gasteiger partial charge in [-0.05, 0) is 24.2 Å². The van der Waals surface area contributed by atoms with E-state index in [0.717, 1.165) is 25.9 Å². The van der Waals surface area contributed by atoms with Gasteiger partial charge in [-0.1, -0.05) is 34.6 Å². The molecule has 0 aliphatic carbocycles. The maximum atomic E-state index is 12.0. The number of nitrogens with zero attached hydrogens (tertiary/aromatic N) is 1. The normalized spacial score (nSPS) is 17.4. The number of carbonyl (C=O) groups excluding carboxylic acids is 2. The molecule has 4 nitrogen and oxygen atoms in total. The summed E-state index contributed by atoms with van der Waals surface area (Å²) < 4.78 is 0. The van der Waals surface area contributed by atoms with Gasteiger partial charge >= 0.3 is 0 Å². The van der Waals surface area contributed by atoms with E-state index in [0.29, 0.717) is 18.8 Å². The van der Waals surface area contributed by atoms with Crippen molar-refractivity contribution in [1.82, 2.24) is 10.2 Å². The lowest BCUT2D eigenvalue weighted by atomic mass is 9.91. The predicted octanol–water partition coefficient (Wildman–Crippen LogP) is 2.58. The molecular weight excluding hydrogens is 252 g/mol. The van der Waals surface area contributed by atoms with Crippen LogP contribution in [0.2, 0.25) is 0 Å². The quantitative estimate of drug-likeness (QED) is 0.861. The Bertz CT molecular complexity index is 337. The second-order valence-corrected chi connectivity index (χ2v) is 7.56. The number of nitrogens with one attached hydrogen (secondary N) is 1. The van der Waals surface area contributed by atoms with E-state index in [1.807, 2.05) is 4.90 Å². The first-order chi connectivity index (χ1) is 9.17. The van der Waals surface area contributed by atoms with E-state index in [1.165, 1.54) is 0 Å². The highest BCUT2D eigenvalue weighted by Gasteiger charge is 2.25. The molecule has 4 heteroatoms. The van der Waals surface area contributed by atoms with Gasteiger partial charge in [0.15, 0.2) is 0 Å². The molecule has 0 atom stereocenters. The highest BCUT2D eigenvalue weighted by atomic mass is 16.2. The van der Waals surface area contributed by atoms with Crippen LogP contribution in [0.1, 0.15) is 60.3 Å². The zero-order valence-corrected chi connectivity index (χ0v) is 13.7. The zero-order valence-electron chi connectivity index (χ0n) is 13.7. The zero-order chi connectivity index (χ0) is 15.3. The Kier molecular flexibility index (Phi) is 6.03. The van der Waals surface area contributed by atoms with Gasteiger partial charge in [-0.3, -0.25) is 9.59 Å². The summed E-state index contributed by atoms with van der Waals surface area (Å²) in [5, 5.41) is 3.10. The van der Waals surface area contributed by atoms with E-state index >= 15 is 0 Å². The van der Waals surface area contributed by atoms with Crippen molar-refractivity contribution in [1.29, 1.82) is 0 Å². The minimum Gasteiger partial charge on any atom is -0.353 e. The molecule has 116 valence electrons. The van der Waals surface area contributed by atoms with E-state index in [-0.39, 0.29) is 23.3 Å². The maximum Gasteiger partial charge on any atom is 0.222 e. The lowest BCUT2D eigenvalue weighted by Crippen LogP contribution is -2.47. The molecule has 0 aromatic rings. The van der Waals surface area contributed by atoms with Crippen LogP contribution in [0.5, 0.6) is 0 Å². The van der Waals surface area contributed by atoms with Gasteiger partial charge in [-0.25, -0.2) is 0 Å². The lowest BCUT2D eigenvalue weighted by molar-refractivity contribution is -0.133. The fourth-order valence-electron chi connectivity index (χ4n) is 2.51. The van der Waals surface area contributed by atoms with Crippen LogP contribution in [0.4, 0.5) is 0 Å². The summed E-state index contributed by atoms with van der Waals surface area (Å²) in [5.74, 6) is 0.788. The first-order valence-electron chi connectivity index (χ1n) is 7.74. The van der Waals surface area contributed by atoms with Crippen LogP contribution in [0.15, 0.2) is 0 Å². The van der Waals surface area contributed by atoms with Gasteiger partial charge in [-0.15, -0.1) is 0 Å². The van der Waals surface area contributed by atoms with Crippen LogP contribution >= 0.6 is 0 Å². The van der Waals surface area contributed by atoms with Crippen molar-refractivity contribution in [2.75, 3.05) is 13.1 Å². The molecule has 20 heavy (non-hydrogen) atoms. The van der Waals surface area contributed by atoms with E-state index in [4.69, 9.17) is 0 Å². The summed E-state index contributed by atoms with van der Waals surface area (Å²) in [7, 11) is 0. The third kappa shape index (κ3) is 6.40. The minimum atomic E-state index is 0.0258. The molecule has 1 aliphatic heterocycles. The van der Waals surface area contributed by atoms with Crippen LogP contribution in [-0.2, 0) is 9.59 Å². The van der Waals surface area contributed by atoms with Crippen molar-refractivity contribution in [2.45, 2.75) is 66.3 Å². The topological polar surface area (TPSA) is 49.4 Å². The van der Waals surface area contributed by atoms with Crippen LogP contribution in [-0.4, -0.2) is 35.8 Å². The standard InChI is InChI=1S/C16H30N2O2/c1-12(2)10-15(20)18-8-6-13(7-9-18)17-14(19)11-16(3,4)5/h12-13H,6-11H2,1-5H3,(H,17,19). The Morgan fingerprint density at radius 2 is 1.75 bits per heavy atom. The minimum absolute atomic E-state index is 0.0258. The molecule has 2 amide bonds. The fraction of sp³-hybridized carbons (Fsp3) is 0.875. The molecule has 0 spiro atoms. The monoisotopic (exact) mass is 282 g/mol. The van der Waals surface area contributed by atoms with Crippen molar-refractivity contribution in [3.8, 4) is 0 Å². The Labute approximate surface area is 123 Å². The summed E-state index contributed by atoms with van der Waals surface area (Å²) >= 11 is 0. The first-order valence-corrected chi connectivity index (χ1v) is 7.74. The summed E-state index contributed by atoms with van der Waals surface area (Å²) in [6, 6.07) is 0.230. The third-order valence-corrected chi connectivity index (χ3v) is 3.49. The highest BCUT2D eigenvalue weighted by Crippen LogP contribution is 2.19. The molecule has 0 unspecified atom stereocenters. The molecule has 0 aromatic carbocycles. The molecule has 0 saturated carbocycles. The Morgan fingerprint density at radius 3 is 2.20 bits per heavy atom. The number of piperidine rings is 1. The Balaban J connectivity index is 2.32. The van der Waals surface area contributed by atoms with Gasteiger partial charge in [0.1, 0.15) is 0 Å². The molecule has 1 aliphatic rings. The number of hydrogen-bond donors (Lipinski definition) is 1. The van der Waals surface area contributed by atoms with Crippen molar-refractivity contribution in [3.05, 3.63) is 0 Å².